The van der Waals surface area contributed by atoms with Crippen LogP contribution in [0.4, 0.5) is 5.95 Å². The Morgan fingerprint density at radius 1 is 1.17 bits per heavy atom. The highest BCUT2D eigenvalue weighted by atomic mass is 15.2. The highest BCUT2D eigenvalue weighted by Gasteiger charge is 2.15. The largest absolute Gasteiger partial charge is 0.368 e. The third kappa shape index (κ3) is 2.47. The van der Waals surface area contributed by atoms with Crippen LogP contribution in [-0.2, 0) is 6.42 Å². The van der Waals surface area contributed by atoms with Crippen LogP contribution in [0.1, 0.15) is 31.9 Å². The van der Waals surface area contributed by atoms with Crippen molar-refractivity contribution in [3.8, 4) is 11.3 Å². The van der Waals surface area contributed by atoms with Gasteiger partial charge in [0.05, 0.1) is 17.6 Å². The molecule has 4 aromatic heterocycles. The van der Waals surface area contributed by atoms with Crippen LogP contribution in [0.2, 0.25) is 0 Å². The molecule has 122 valence electrons. The van der Waals surface area contributed by atoms with E-state index >= 15 is 0 Å². The number of aryl methyl sites for hydroxylation is 1. The van der Waals surface area contributed by atoms with E-state index < -0.39 is 0 Å². The standard InChI is InChI=1S/C17H19N7/c1-2-3-4-5-13-15-11(10-19-16(15)23-17(18)22-13)12-7-9-24-14(21-12)6-8-20-24/h6-10H,2-5H2,1H3,(H3,18,19,22,23). The van der Waals surface area contributed by atoms with Gasteiger partial charge in [0.1, 0.15) is 5.65 Å². The van der Waals surface area contributed by atoms with Gasteiger partial charge in [0, 0.05) is 29.4 Å². The monoisotopic (exact) mass is 321 g/mol. The van der Waals surface area contributed by atoms with Crippen LogP contribution < -0.4 is 5.73 Å². The van der Waals surface area contributed by atoms with Crippen molar-refractivity contribution < 1.29 is 0 Å². The number of aromatic amines is 1. The second-order valence-corrected chi connectivity index (χ2v) is 5.86. The Labute approximate surface area is 139 Å². The van der Waals surface area contributed by atoms with Gasteiger partial charge in [-0.3, -0.25) is 0 Å². The lowest BCUT2D eigenvalue weighted by Gasteiger charge is -2.06. The number of fused-ring (bicyclic) bond motifs is 2. The normalized spacial score (nSPS) is 11.5. The molecule has 0 spiro atoms. The summed E-state index contributed by atoms with van der Waals surface area (Å²) in [5.74, 6) is 0.307. The number of hydrogen-bond donors (Lipinski definition) is 2. The van der Waals surface area contributed by atoms with Crippen molar-refractivity contribution in [3.05, 3.63) is 36.4 Å². The molecule has 7 nitrogen and oxygen atoms in total. The second-order valence-electron chi connectivity index (χ2n) is 5.86. The number of rotatable bonds is 5. The maximum absolute atomic E-state index is 5.87. The first-order chi connectivity index (χ1) is 11.8. The lowest BCUT2D eigenvalue weighted by Crippen LogP contribution is -2.01. The second kappa shape index (κ2) is 5.92. The fraction of sp³-hybridized carbons (Fsp3) is 0.294. The molecular weight excluding hydrogens is 302 g/mol. The van der Waals surface area contributed by atoms with Crippen LogP contribution in [0.25, 0.3) is 27.9 Å². The van der Waals surface area contributed by atoms with Crippen molar-refractivity contribution in [2.24, 2.45) is 0 Å². The SMILES string of the molecule is CCCCCc1nc(N)nc2[nH]cc(-c3ccn4nccc4n3)c12. The molecule has 24 heavy (non-hydrogen) atoms. The summed E-state index contributed by atoms with van der Waals surface area (Å²) in [5, 5.41) is 5.20. The fourth-order valence-corrected chi connectivity index (χ4v) is 3.01. The Hall–Kier alpha value is -2.96. The Balaban J connectivity index is 1.85. The summed E-state index contributed by atoms with van der Waals surface area (Å²) >= 11 is 0. The van der Waals surface area contributed by atoms with Crippen LogP contribution in [0.15, 0.2) is 30.7 Å². The molecule has 0 aliphatic carbocycles. The summed E-state index contributed by atoms with van der Waals surface area (Å²) in [6.07, 6.45) is 9.89. The molecular formula is C17H19N7. The summed E-state index contributed by atoms with van der Waals surface area (Å²) in [4.78, 5) is 16.7. The van der Waals surface area contributed by atoms with E-state index in [2.05, 4.69) is 32.0 Å². The summed E-state index contributed by atoms with van der Waals surface area (Å²) < 4.78 is 1.75. The number of hydrogen-bond acceptors (Lipinski definition) is 5. The minimum atomic E-state index is 0.307. The van der Waals surface area contributed by atoms with Crippen molar-refractivity contribution >= 4 is 22.6 Å². The van der Waals surface area contributed by atoms with E-state index in [1.54, 1.807) is 10.7 Å². The van der Waals surface area contributed by atoms with E-state index in [0.29, 0.717) is 5.95 Å². The average Bonchev–Trinajstić information content (AvgIpc) is 3.20. The number of H-pyrrole nitrogens is 1. The third-order valence-electron chi connectivity index (χ3n) is 4.17. The van der Waals surface area contributed by atoms with Gasteiger partial charge < -0.3 is 10.7 Å². The molecule has 0 bridgehead atoms. The molecule has 3 N–H and O–H groups in total. The zero-order valence-electron chi connectivity index (χ0n) is 13.5. The van der Waals surface area contributed by atoms with Crippen LogP contribution in [0, 0.1) is 0 Å². The molecule has 0 aliphatic rings. The van der Waals surface area contributed by atoms with E-state index in [9.17, 15) is 0 Å². The highest BCUT2D eigenvalue weighted by Crippen LogP contribution is 2.30. The highest BCUT2D eigenvalue weighted by molar-refractivity contribution is 5.95. The molecule has 7 heteroatoms. The topological polar surface area (TPSA) is 97.8 Å². The predicted octanol–water partition coefficient (Wildman–Crippen LogP) is 2.98. The maximum atomic E-state index is 5.87. The number of nitrogens with zero attached hydrogens (tertiary/aromatic N) is 5. The summed E-state index contributed by atoms with van der Waals surface area (Å²) in [6, 6.07) is 3.84. The van der Waals surface area contributed by atoms with Crippen molar-refractivity contribution in [1.29, 1.82) is 0 Å². The fourth-order valence-electron chi connectivity index (χ4n) is 3.01. The molecule has 0 saturated heterocycles. The Kier molecular flexibility index (Phi) is 3.60. The quantitative estimate of drug-likeness (QED) is 0.551. The molecule has 0 radical (unpaired) electrons. The van der Waals surface area contributed by atoms with Gasteiger partial charge in [-0.1, -0.05) is 19.8 Å². The van der Waals surface area contributed by atoms with Gasteiger partial charge in [0.15, 0.2) is 5.65 Å². The smallest absolute Gasteiger partial charge is 0.222 e. The summed E-state index contributed by atoms with van der Waals surface area (Å²) in [6.45, 7) is 2.19. The van der Waals surface area contributed by atoms with Gasteiger partial charge in [-0.2, -0.15) is 10.1 Å². The first-order valence-electron chi connectivity index (χ1n) is 8.20. The Bertz CT molecular complexity index is 999. The number of aromatic nitrogens is 6. The van der Waals surface area contributed by atoms with Gasteiger partial charge in [-0.05, 0) is 18.9 Å². The van der Waals surface area contributed by atoms with Gasteiger partial charge in [0.25, 0.3) is 0 Å². The number of nitrogens with one attached hydrogen (secondary N) is 1. The molecule has 4 aromatic rings. The summed E-state index contributed by atoms with van der Waals surface area (Å²) in [7, 11) is 0. The predicted molar refractivity (Wildman–Crippen MR) is 93.5 cm³/mol. The molecule has 0 saturated carbocycles. The van der Waals surface area contributed by atoms with Crippen molar-refractivity contribution in [3.63, 3.8) is 0 Å². The Morgan fingerprint density at radius 2 is 2.08 bits per heavy atom. The van der Waals surface area contributed by atoms with E-state index in [-0.39, 0.29) is 0 Å². The van der Waals surface area contributed by atoms with Gasteiger partial charge in [-0.15, -0.1) is 0 Å². The van der Waals surface area contributed by atoms with Crippen LogP contribution in [-0.4, -0.2) is 29.5 Å². The van der Waals surface area contributed by atoms with Crippen molar-refractivity contribution in [1.82, 2.24) is 29.5 Å². The maximum Gasteiger partial charge on any atom is 0.222 e. The zero-order chi connectivity index (χ0) is 16.5. The van der Waals surface area contributed by atoms with E-state index in [1.165, 1.54) is 12.8 Å². The third-order valence-corrected chi connectivity index (χ3v) is 4.17. The van der Waals surface area contributed by atoms with Crippen LogP contribution in [0.5, 0.6) is 0 Å². The minimum Gasteiger partial charge on any atom is -0.368 e. The lowest BCUT2D eigenvalue weighted by atomic mass is 10.1. The van der Waals surface area contributed by atoms with E-state index in [4.69, 9.17) is 5.73 Å². The van der Waals surface area contributed by atoms with Gasteiger partial charge in [-0.25, -0.2) is 14.5 Å². The van der Waals surface area contributed by atoms with Gasteiger partial charge >= 0.3 is 0 Å². The van der Waals surface area contributed by atoms with E-state index in [0.717, 1.165) is 46.5 Å². The number of nitrogens with two attached hydrogens (primary N) is 1. The molecule has 0 amide bonds. The minimum absolute atomic E-state index is 0.307. The average molecular weight is 321 g/mol. The first kappa shape index (κ1) is 14.6. The van der Waals surface area contributed by atoms with Gasteiger partial charge in [0.2, 0.25) is 5.95 Å². The molecule has 0 unspecified atom stereocenters. The molecule has 4 rings (SSSR count). The van der Waals surface area contributed by atoms with Crippen molar-refractivity contribution in [2.75, 3.05) is 5.73 Å². The van der Waals surface area contributed by atoms with Crippen LogP contribution >= 0.6 is 0 Å². The molecule has 0 atom stereocenters. The number of anilines is 1. The summed E-state index contributed by atoms with van der Waals surface area (Å²) in [5.41, 5.74) is 10.3. The Morgan fingerprint density at radius 3 is 2.96 bits per heavy atom. The van der Waals surface area contributed by atoms with Crippen molar-refractivity contribution in [2.45, 2.75) is 32.6 Å². The first-order valence-corrected chi connectivity index (χ1v) is 8.20. The zero-order valence-corrected chi connectivity index (χ0v) is 13.5. The molecule has 0 aliphatic heterocycles. The number of nitrogen functional groups attached to an aromatic ring is 1. The lowest BCUT2D eigenvalue weighted by molar-refractivity contribution is 0.710. The van der Waals surface area contributed by atoms with E-state index in [1.807, 2.05) is 24.5 Å². The van der Waals surface area contributed by atoms with Crippen LogP contribution in [0.3, 0.4) is 0 Å². The number of unbranched alkanes of at least 4 members (excludes halogenated alkanes) is 2. The molecule has 0 fully saturated rings. The molecule has 0 aromatic carbocycles. The molecule has 4 heterocycles.